The molecule has 5 heteroatoms. The molecule has 1 amide bonds. The molecule has 2 aromatic rings. The van der Waals surface area contributed by atoms with Gasteiger partial charge in [-0.05, 0) is 56.5 Å². The molecular weight excluding hydrogens is 342 g/mol. The van der Waals surface area contributed by atoms with Crippen molar-refractivity contribution >= 4 is 32.7 Å². The summed E-state index contributed by atoms with van der Waals surface area (Å²) in [5.74, 6) is 0.365. The second-order valence-corrected chi connectivity index (χ2v) is 6.89. The zero-order valence-electron chi connectivity index (χ0n) is 12.6. The number of halogens is 1. The SMILES string of the molecule is Cc1cc(C(=O)NC2CCCC2CN)c2cc(Br)ccc2n1. The molecule has 116 valence electrons. The Morgan fingerprint density at radius 1 is 1.41 bits per heavy atom. The Morgan fingerprint density at radius 2 is 2.23 bits per heavy atom. The third kappa shape index (κ3) is 3.01. The fourth-order valence-corrected chi connectivity index (χ4v) is 3.63. The van der Waals surface area contributed by atoms with Crippen LogP contribution in [0.1, 0.15) is 35.3 Å². The van der Waals surface area contributed by atoms with Crippen molar-refractivity contribution in [2.75, 3.05) is 6.54 Å². The van der Waals surface area contributed by atoms with Crippen LogP contribution in [0.3, 0.4) is 0 Å². The summed E-state index contributed by atoms with van der Waals surface area (Å²) in [5, 5.41) is 4.05. The van der Waals surface area contributed by atoms with Gasteiger partial charge < -0.3 is 11.1 Å². The Morgan fingerprint density at radius 3 is 3.00 bits per heavy atom. The highest BCUT2D eigenvalue weighted by molar-refractivity contribution is 9.10. The van der Waals surface area contributed by atoms with Gasteiger partial charge in [-0.3, -0.25) is 9.78 Å². The summed E-state index contributed by atoms with van der Waals surface area (Å²) in [6.07, 6.45) is 3.25. The van der Waals surface area contributed by atoms with Crippen LogP contribution in [-0.4, -0.2) is 23.5 Å². The van der Waals surface area contributed by atoms with Gasteiger partial charge in [-0.2, -0.15) is 0 Å². The van der Waals surface area contributed by atoms with E-state index in [1.54, 1.807) is 0 Å². The maximum absolute atomic E-state index is 12.7. The van der Waals surface area contributed by atoms with Crippen LogP contribution in [0.25, 0.3) is 10.9 Å². The molecule has 1 heterocycles. The average Bonchev–Trinajstić information content (AvgIpc) is 2.94. The Kier molecular flexibility index (Phi) is 4.45. The summed E-state index contributed by atoms with van der Waals surface area (Å²) < 4.78 is 0.945. The molecule has 0 bridgehead atoms. The van der Waals surface area contributed by atoms with Gasteiger partial charge in [0.15, 0.2) is 0 Å². The van der Waals surface area contributed by atoms with Crippen LogP contribution in [0.4, 0.5) is 0 Å². The number of nitrogens with zero attached hydrogens (tertiary/aromatic N) is 1. The second-order valence-electron chi connectivity index (χ2n) is 5.98. The smallest absolute Gasteiger partial charge is 0.252 e. The number of fused-ring (bicyclic) bond motifs is 1. The van der Waals surface area contributed by atoms with Crippen LogP contribution in [0.5, 0.6) is 0 Å². The first-order valence-electron chi connectivity index (χ1n) is 7.66. The van der Waals surface area contributed by atoms with Gasteiger partial charge in [-0.1, -0.05) is 22.4 Å². The first kappa shape index (κ1) is 15.4. The van der Waals surface area contributed by atoms with Gasteiger partial charge in [0.25, 0.3) is 5.91 Å². The number of nitrogens with two attached hydrogens (primary N) is 1. The molecule has 4 nitrogen and oxygen atoms in total. The Labute approximate surface area is 138 Å². The molecule has 0 spiro atoms. The Bertz CT molecular complexity index is 716. The van der Waals surface area contributed by atoms with E-state index in [1.807, 2.05) is 31.2 Å². The number of aromatic nitrogens is 1. The number of pyridine rings is 1. The molecular formula is C17H20BrN3O. The van der Waals surface area contributed by atoms with Gasteiger partial charge >= 0.3 is 0 Å². The molecule has 1 aromatic carbocycles. The number of hydrogen-bond donors (Lipinski definition) is 2. The van der Waals surface area contributed by atoms with Crippen molar-refractivity contribution in [3.63, 3.8) is 0 Å². The minimum atomic E-state index is -0.0288. The van der Waals surface area contributed by atoms with Crippen molar-refractivity contribution in [1.82, 2.24) is 10.3 Å². The van der Waals surface area contributed by atoms with E-state index < -0.39 is 0 Å². The zero-order valence-corrected chi connectivity index (χ0v) is 14.2. The number of aryl methyl sites for hydroxylation is 1. The van der Waals surface area contributed by atoms with Crippen molar-refractivity contribution in [3.8, 4) is 0 Å². The first-order valence-corrected chi connectivity index (χ1v) is 8.45. The largest absolute Gasteiger partial charge is 0.349 e. The van der Waals surface area contributed by atoms with Crippen molar-refractivity contribution in [3.05, 3.63) is 40.0 Å². The van der Waals surface area contributed by atoms with E-state index in [0.29, 0.717) is 18.0 Å². The van der Waals surface area contributed by atoms with Gasteiger partial charge in [0.05, 0.1) is 11.1 Å². The number of amides is 1. The number of rotatable bonds is 3. The van der Waals surface area contributed by atoms with Crippen LogP contribution >= 0.6 is 15.9 Å². The highest BCUT2D eigenvalue weighted by Crippen LogP contribution is 2.26. The van der Waals surface area contributed by atoms with Gasteiger partial charge in [-0.25, -0.2) is 0 Å². The minimum absolute atomic E-state index is 0.0288. The normalized spacial score (nSPS) is 21.2. The molecule has 1 aromatic heterocycles. The third-order valence-corrected chi connectivity index (χ3v) is 4.91. The first-order chi connectivity index (χ1) is 10.6. The molecule has 1 aliphatic rings. The number of nitrogens with one attached hydrogen (secondary N) is 1. The summed E-state index contributed by atoms with van der Waals surface area (Å²) in [6.45, 7) is 2.54. The predicted octanol–water partition coefficient (Wildman–Crippen LogP) is 3.16. The summed E-state index contributed by atoms with van der Waals surface area (Å²) in [6, 6.07) is 7.87. The monoisotopic (exact) mass is 361 g/mol. The quantitative estimate of drug-likeness (QED) is 0.881. The molecule has 2 unspecified atom stereocenters. The standard InChI is InChI=1S/C17H20BrN3O/c1-10-7-14(13-8-12(18)5-6-16(13)20-10)17(22)21-15-4-2-3-11(15)9-19/h5-8,11,15H,2-4,9,19H2,1H3,(H,21,22). The van der Waals surface area contributed by atoms with E-state index >= 15 is 0 Å². The molecule has 1 aliphatic carbocycles. The fourth-order valence-electron chi connectivity index (χ4n) is 3.27. The van der Waals surface area contributed by atoms with Crippen LogP contribution in [0.2, 0.25) is 0 Å². The highest BCUT2D eigenvalue weighted by atomic mass is 79.9. The number of carbonyl (C=O) groups is 1. The molecule has 3 N–H and O–H groups in total. The van der Waals surface area contributed by atoms with Crippen LogP contribution in [-0.2, 0) is 0 Å². The lowest BCUT2D eigenvalue weighted by Gasteiger charge is -2.20. The third-order valence-electron chi connectivity index (χ3n) is 4.42. The summed E-state index contributed by atoms with van der Waals surface area (Å²) in [4.78, 5) is 17.2. The van der Waals surface area contributed by atoms with Crippen molar-refractivity contribution < 1.29 is 4.79 Å². The maximum Gasteiger partial charge on any atom is 0.252 e. The summed E-state index contributed by atoms with van der Waals surface area (Å²) in [5.41, 5.74) is 8.18. The lowest BCUT2D eigenvalue weighted by molar-refractivity contribution is 0.0930. The van der Waals surface area contributed by atoms with Crippen LogP contribution in [0, 0.1) is 12.8 Å². The predicted molar refractivity (Wildman–Crippen MR) is 91.8 cm³/mol. The molecule has 1 saturated carbocycles. The fraction of sp³-hybridized carbons (Fsp3) is 0.412. The lowest BCUT2D eigenvalue weighted by Crippen LogP contribution is -2.40. The van der Waals surface area contributed by atoms with Crippen LogP contribution in [0.15, 0.2) is 28.7 Å². The molecule has 0 radical (unpaired) electrons. The maximum atomic E-state index is 12.7. The van der Waals surface area contributed by atoms with E-state index in [9.17, 15) is 4.79 Å². The van der Waals surface area contributed by atoms with Crippen molar-refractivity contribution in [2.45, 2.75) is 32.2 Å². The van der Waals surface area contributed by atoms with Crippen molar-refractivity contribution in [2.24, 2.45) is 11.7 Å². The van der Waals surface area contributed by atoms with E-state index in [0.717, 1.165) is 40.3 Å². The van der Waals surface area contributed by atoms with E-state index in [-0.39, 0.29) is 11.9 Å². The van der Waals surface area contributed by atoms with Gasteiger partial charge in [0, 0.05) is 21.6 Å². The van der Waals surface area contributed by atoms with Gasteiger partial charge in [-0.15, -0.1) is 0 Å². The molecule has 1 fully saturated rings. The van der Waals surface area contributed by atoms with Crippen molar-refractivity contribution in [1.29, 1.82) is 0 Å². The van der Waals surface area contributed by atoms with Gasteiger partial charge in [0.1, 0.15) is 0 Å². The number of benzene rings is 1. The molecule has 0 aliphatic heterocycles. The molecule has 22 heavy (non-hydrogen) atoms. The molecule has 3 rings (SSSR count). The van der Waals surface area contributed by atoms with E-state index in [2.05, 4.69) is 26.2 Å². The summed E-state index contributed by atoms with van der Waals surface area (Å²) >= 11 is 3.47. The van der Waals surface area contributed by atoms with Gasteiger partial charge in [0.2, 0.25) is 0 Å². The Balaban J connectivity index is 1.94. The topological polar surface area (TPSA) is 68.0 Å². The number of carbonyl (C=O) groups excluding carboxylic acids is 1. The average molecular weight is 362 g/mol. The van der Waals surface area contributed by atoms with E-state index in [4.69, 9.17) is 5.73 Å². The minimum Gasteiger partial charge on any atom is -0.349 e. The molecule has 2 atom stereocenters. The second kappa shape index (κ2) is 6.34. The zero-order chi connectivity index (χ0) is 15.7. The molecule has 0 saturated heterocycles. The lowest BCUT2D eigenvalue weighted by atomic mass is 10.0. The van der Waals surface area contributed by atoms with Crippen LogP contribution < -0.4 is 11.1 Å². The summed E-state index contributed by atoms with van der Waals surface area (Å²) in [7, 11) is 0. The van der Waals surface area contributed by atoms with E-state index in [1.165, 1.54) is 0 Å². The number of hydrogen-bond acceptors (Lipinski definition) is 3. The highest BCUT2D eigenvalue weighted by Gasteiger charge is 2.28. The Hall–Kier alpha value is -1.46.